The summed E-state index contributed by atoms with van der Waals surface area (Å²) in [6, 6.07) is 16.7. The van der Waals surface area contributed by atoms with Crippen LogP contribution in [-0.2, 0) is 41.7 Å². The van der Waals surface area contributed by atoms with E-state index in [1.807, 2.05) is 88.4 Å². The van der Waals surface area contributed by atoms with Gasteiger partial charge in [0.1, 0.15) is 24.6 Å². The molecule has 5 unspecified atom stereocenters. The van der Waals surface area contributed by atoms with Crippen molar-refractivity contribution in [1.29, 1.82) is 0 Å². The lowest BCUT2D eigenvalue weighted by Gasteiger charge is -2.38. The van der Waals surface area contributed by atoms with Crippen molar-refractivity contribution in [2.45, 2.75) is 65.3 Å². The summed E-state index contributed by atoms with van der Waals surface area (Å²) >= 11 is 0. The fourth-order valence-electron chi connectivity index (χ4n) is 4.21. The number of cyclic esters (lactones) is 1. The van der Waals surface area contributed by atoms with Crippen molar-refractivity contribution >= 4 is 23.8 Å². The Morgan fingerprint density at radius 1 is 0.919 bits per heavy atom. The minimum Gasteiger partial charge on any atom is -0.459 e. The molecule has 2 aromatic rings. The Bertz CT molecular complexity index is 1070. The molecule has 1 fully saturated rings. The normalized spacial score (nSPS) is 19.1. The molecule has 198 valence electrons. The molecule has 8 nitrogen and oxygen atoms in total. The van der Waals surface area contributed by atoms with Gasteiger partial charge in [0.2, 0.25) is 5.91 Å². The van der Waals surface area contributed by atoms with E-state index in [4.69, 9.17) is 9.47 Å². The van der Waals surface area contributed by atoms with Crippen molar-refractivity contribution in [3.8, 4) is 0 Å². The van der Waals surface area contributed by atoms with Crippen LogP contribution in [0, 0.1) is 17.8 Å². The molecule has 2 amide bonds. The molecule has 2 N–H and O–H groups in total. The second-order valence-corrected chi connectivity index (χ2v) is 9.84. The van der Waals surface area contributed by atoms with Gasteiger partial charge < -0.3 is 20.1 Å². The number of benzene rings is 2. The second kappa shape index (κ2) is 13.0. The summed E-state index contributed by atoms with van der Waals surface area (Å²) in [5.74, 6) is -2.80. The maximum Gasteiger partial charge on any atom is 0.329 e. The number of esters is 2. The van der Waals surface area contributed by atoms with Gasteiger partial charge in [0.25, 0.3) is 5.91 Å². The molecule has 1 heterocycles. The van der Waals surface area contributed by atoms with E-state index in [0.29, 0.717) is 0 Å². The number of carbonyl (C=O) groups is 4. The molecule has 5 atom stereocenters. The molecule has 37 heavy (non-hydrogen) atoms. The third-order valence-electron chi connectivity index (χ3n) is 6.71. The first-order valence-corrected chi connectivity index (χ1v) is 12.8. The van der Waals surface area contributed by atoms with Gasteiger partial charge in [-0.1, -0.05) is 94.8 Å². The lowest BCUT2D eigenvalue weighted by molar-refractivity contribution is -0.193. The lowest BCUT2D eigenvalue weighted by Crippen LogP contribution is -2.60. The van der Waals surface area contributed by atoms with Crippen LogP contribution in [0.5, 0.6) is 0 Å². The van der Waals surface area contributed by atoms with Crippen LogP contribution in [0.15, 0.2) is 60.7 Å². The highest BCUT2D eigenvalue weighted by molar-refractivity contribution is 5.97. The maximum absolute atomic E-state index is 13.4. The number of rotatable bonds is 12. The summed E-state index contributed by atoms with van der Waals surface area (Å²) in [5, 5.41) is 5.53. The highest BCUT2D eigenvalue weighted by Crippen LogP contribution is 2.31. The summed E-state index contributed by atoms with van der Waals surface area (Å²) in [5.41, 5.74) is 1.67. The van der Waals surface area contributed by atoms with Crippen LogP contribution in [0.2, 0.25) is 0 Å². The standard InChI is InChI=1S/C29H36N2O6/c1-5-19(4)23-25(37-28(23)34)27(33)30-22(16-20-12-8-6-9-13-20)26(32)31-24(18(2)3)29(35)36-17-21-14-10-7-11-15-21/h6-15,18-19,22-25H,5,16-17H2,1-4H3,(H,30,33)(H,31,32). The van der Waals surface area contributed by atoms with Crippen LogP contribution >= 0.6 is 0 Å². The highest BCUT2D eigenvalue weighted by atomic mass is 16.6. The SMILES string of the molecule is CCC(C)C1C(=O)OC1C(=O)NC(Cc1ccccc1)C(=O)NC(C(=O)OCc1ccccc1)C(C)C. The number of hydrogen-bond donors (Lipinski definition) is 2. The Balaban J connectivity index is 1.71. The molecular formula is C29H36N2O6. The molecule has 1 saturated heterocycles. The lowest BCUT2D eigenvalue weighted by atomic mass is 9.82. The molecule has 0 bridgehead atoms. The Morgan fingerprint density at radius 2 is 1.51 bits per heavy atom. The van der Waals surface area contributed by atoms with Crippen LogP contribution in [-0.4, -0.2) is 41.9 Å². The number of carbonyl (C=O) groups excluding carboxylic acids is 4. The van der Waals surface area contributed by atoms with Gasteiger partial charge in [-0.25, -0.2) is 4.79 Å². The number of amides is 2. The molecule has 0 saturated carbocycles. The van der Waals surface area contributed by atoms with E-state index in [9.17, 15) is 19.2 Å². The molecule has 2 aromatic carbocycles. The van der Waals surface area contributed by atoms with Crippen molar-refractivity contribution < 1.29 is 28.7 Å². The molecule has 1 aliphatic heterocycles. The van der Waals surface area contributed by atoms with E-state index in [1.54, 1.807) is 0 Å². The molecule has 3 rings (SSSR count). The zero-order chi connectivity index (χ0) is 26.9. The fraction of sp³-hybridized carbons (Fsp3) is 0.448. The van der Waals surface area contributed by atoms with Gasteiger partial charge in [-0.3, -0.25) is 14.4 Å². The van der Waals surface area contributed by atoms with Crippen molar-refractivity contribution in [1.82, 2.24) is 10.6 Å². The molecular weight excluding hydrogens is 472 g/mol. The van der Waals surface area contributed by atoms with Gasteiger partial charge in [0.05, 0.1) is 0 Å². The van der Waals surface area contributed by atoms with E-state index in [-0.39, 0.29) is 24.9 Å². The van der Waals surface area contributed by atoms with Crippen molar-refractivity contribution in [2.24, 2.45) is 17.8 Å². The van der Waals surface area contributed by atoms with E-state index in [2.05, 4.69) is 10.6 Å². The average Bonchev–Trinajstić information content (AvgIpc) is 2.89. The first-order valence-electron chi connectivity index (χ1n) is 12.8. The molecule has 8 heteroatoms. The second-order valence-electron chi connectivity index (χ2n) is 9.84. The van der Waals surface area contributed by atoms with E-state index in [0.717, 1.165) is 17.5 Å². The van der Waals surface area contributed by atoms with Crippen LogP contribution < -0.4 is 10.6 Å². The van der Waals surface area contributed by atoms with E-state index < -0.39 is 47.9 Å². The predicted octanol–water partition coefficient (Wildman–Crippen LogP) is 3.19. The summed E-state index contributed by atoms with van der Waals surface area (Å²) in [6.45, 7) is 7.55. The fourth-order valence-corrected chi connectivity index (χ4v) is 4.21. The molecule has 0 radical (unpaired) electrons. The molecule has 0 aliphatic carbocycles. The first-order chi connectivity index (χ1) is 17.7. The van der Waals surface area contributed by atoms with Crippen molar-refractivity contribution in [2.75, 3.05) is 0 Å². The Morgan fingerprint density at radius 3 is 2.05 bits per heavy atom. The Hall–Kier alpha value is -3.68. The van der Waals surface area contributed by atoms with Crippen LogP contribution in [0.3, 0.4) is 0 Å². The Labute approximate surface area is 218 Å². The van der Waals surface area contributed by atoms with Crippen LogP contribution in [0.4, 0.5) is 0 Å². The number of hydrogen-bond acceptors (Lipinski definition) is 6. The quantitative estimate of drug-likeness (QED) is 0.426. The third-order valence-corrected chi connectivity index (χ3v) is 6.71. The zero-order valence-electron chi connectivity index (χ0n) is 21.8. The Kier molecular flexibility index (Phi) is 9.83. The van der Waals surface area contributed by atoms with Gasteiger partial charge >= 0.3 is 11.9 Å². The van der Waals surface area contributed by atoms with Crippen molar-refractivity contribution in [3.05, 3.63) is 71.8 Å². The summed E-state index contributed by atoms with van der Waals surface area (Å²) in [6.07, 6.45) is -0.0134. The summed E-state index contributed by atoms with van der Waals surface area (Å²) in [4.78, 5) is 51.3. The van der Waals surface area contributed by atoms with Gasteiger partial charge in [-0.05, 0) is 23.0 Å². The average molecular weight is 509 g/mol. The first kappa shape index (κ1) is 27.9. The predicted molar refractivity (Wildman–Crippen MR) is 138 cm³/mol. The minimum atomic E-state index is -0.977. The topological polar surface area (TPSA) is 111 Å². The van der Waals surface area contributed by atoms with Crippen LogP contribution in [0.1, 0.15) is 45.2 Å². The third kappa shape index (κ3) is 7.41. The van der Waals surface area contributed by atoms with E-state index in [1.165, 1.54) is 0 Å². The number of nitrogens with one attached hydrogen (secondary N) is 2. The maximum atomic E-state index is 13.4. The number of ether oxygens (including phenoxy) is 2. The van der Waals surface area contributed by atoms with Gasteiger partial charge in [0.15, 0.2) is 6.10 Å². The molecule has 1 aliphatic rings. The van der Waals surface area contributed by atoms with Gasteiger partial charge in [0, 0.05) is 6.42 Å². The smallest absolute Gasteiger partial charge is 0.329 e. The van der Waals surface area contributed by atoms with Crippen molar-refractivity contribution in [3.63, 3.8) is 0 Å². The van der Waals surface area contributed by atoms with E-state index >= 15 is 0 Å². The van der Waals surface area contributed by atoms with Gasteiger partial charge in [-0.2, -0.15) is 0 Å². The minimum absolute atomic E-state index is 0.0249. The van der Waals surface area contributed by atoms with Crippen LogP contribution in [0.25, 0.3) is 0 Å². The summed E-state index contributed by atoms with van der Waals surface area (Å²) < 4.78 is 10.6. The zero-order valence-corrected chi connectivity index (χ0v) is 21.8. The largest absolute Gasteiger partial charge is 0.459 e. The molecule has 0 aromatic heterocycles. The molecule has 0 spiro atoms. The monoisotopic (exact) mass is 508 g/mol. The summed E-state index contributed by atoms with van der Waals surface area (Å²) in [7, 11) is 0. The van der Waals surface area contributed by atoms with Gasteiger partial charge in [-0.15, -0.1) is 0 Å². The highest BCUT2D eigenvalue weighted by Gasteiger charge is 2.50.